The van der Waals surface area contributed by atoms with Crippen LogP contribution in [0.25, 0.3) is 10.9 Å². The first-order valence-corrected chi connectivity index (χ1v) is 7.09. The summed E-state index contributed by atoms with van der Waals surface area (Å²) in [6, 6.07) is 4.71. The number of phenolic OH excluding ortho intramolecular Hbond substituents is 1. The van der Waals surface area contributed by atoms with Gasteiger partial charge in [-0.25, -0.2) is 4.79 Å². The van der Waals surface area contributed by atoms with Crippen molar-refractivity contribution >= 4 is 16.9 Å². The van der Waals surface area contributed by atoms with E-state index >= 15 is 0 Å². The van der Waals surface area contributed by atoms with Crippen molar-refractivity contribution in [3.63, 3.8) is 0 Å². The number of hydrogen-bond donors (Lipinski definition) is 4. The van der Waals surface area contributed by atoms with Crippen LogP contribution in [0.15, 0.2) is 30.9 Å². The fourth-order valence-electron chi connectivity index (χ4n) is 2.27. The zero-order valence-electron chi connectivity index (χ0n) is 12.4. The van der Waals surface area contributed by atoms with Crippen LogP contribution in [0.5, 0.6) is 5.75 Å². The largest absolute Gasteiger partial charge is 0.506 e. The lowest BCUT2D eigenvalue weighted by molar-refractivity contribution is 0.0520. The number of ether oxygens (including phenoxy) is 1. The predicted octanol–water partition coefficient (Wildman–Crippen LogP) is 1.86. The highest BCUT2D eigenvalue weighted by atomic mass is 16.5. The lowest BCUT2D eigenvalue weighted by Gasteiger charge is -2.13. The molecule has 0 aliphatic rings. The van der Waals surface area contributed by atoms with Gasteiger partial charge >= 0.3 is 5.97 Å². The molecule has 22 heavy (non-hydrogen) atoms. The van der Waals surface area contributed by atoms with Gasteiger partial charge in [0.2, 0.25) is 0 Å². The summed E-state index contributed by atoms with van der Waals surface area (Å²) in [4.78, 5) is 14.6. The smallest absolute Gasteiger partial charge is 0.354 e. The molecular formula is C16H20N2O4. The van der Waals surface area contributed by atoms with Crippen LogP contribution in [0.1, 0.15) is 29.1 Å². The minimum Gasteiger partial charge on any atom is -0.506 e. The van der Waals surface area contributed by atoms with Crippen molar-refractivity contribution < 1.29 is 19.7 Å². The van der Waals surface area contributed by atoms with E-state index in [1.54, 1.807) is 25.1 Å². The van der Waals surface area contributed by atoms with E-state index in [1.807, 2.05) is 0 Å². The molecule has 0 fully saturated rings. The zero-order chi connectivity index (χ0) is 16.1. The standard InChI is InChI=1S/C16H20N2O4/c1-3-7-17-9-14(20)10-5-6-13(19)15-11(10)8-12(18-15)16(21)22-4-2/h3,5-6,8,14,17-20H,1,4,7,9H2,2H3. The Morgan fingerprint density at radius 1 is 1.55 bits per heavy atom. The maximum Gasteiger partial charge on any atom is 0.354 e. The van der Waals surface area contributed by atoms with Crippen molar-refractivity contribution in [2.75, 3.05) is 19.7 Å². The molecule has 0 aliphatic carbocycles. The second-order valence-electron chi connectivity index (χ2n) is 4.83. The number of H-pyrrole nitrogens is 1. The molecule has 0 bridgehead atoms. The van der Waals surface area contributed by atoms with Crippen molar-refractivity contribution in [1.82, 2.24) is 10.3 Å². The van der Waals surface area contributed by atoms with E-state index in [4.69, 9.17) is 4.74 Å². The number of aromatic nitrogens is 1. The quantitative estimate of drug-likeness (QED) is 0.356. The number of aromatic hydroxyl groups is 1. The number of carbonyl (C=O) groups excluding carboxylic acids is 1. The fourth-order valence-corrected chi connectivity index (χ4v) is 2.27. The highest BCUT2D eigenvalue weighted by molar-refractivity contribution is 5.98. The molecule has 1 heterocycles. The third-order valence-electron chi connectivity index (χ3n) is 3.29. The first-order valence-electron chi connectivity index (χ1n) is 7.09. The van der Waals surface area contributed by atoms with E-state index in [0.717, 1.165) is 0 Å². The number of aliphatic hydroxyl groups is 1. The first-order chi connectivity index (χ1) is 10.6. The number of fused-ring (bicyclic) bond motifs is 1. The Bertz CT molecular complexity index is 678. The summed E-state index contributed by atoms with van der Waals surface area (Å²) in [5, 5.41) is 23.8. The Morgan fingerprint density at radius 2 is 2.32 bits per heavy atom. The van der Waals surface area contributed by atoms with Gasteiger partial charge in [0, 0.05) is 18.5 Å². The Labute approximate surface area is 128 Å². The fraction of sp³-hybridized carbons (Fsp3) is 0.312. The molecule has 1 aromatic carbocycles. The maximum atomic E-state index is 11.8. The number of aliphatic hydroxyl groups excluding tert-OH is 1. The maximum absolute atomic E-state index is 11.8. The van der Waals surface area contributed by atoms with Crippen LogP contribution in [-0.4, -0.2) is 40.9 Å². The monoisotopic (exact) mass is 304 g/mol. The van der Waals surface area contributed by atoms with Gasteiger partial charge in [-0.05, 0) is 24.6 Å². The topological polar surface area (TPSA) is 94.6 Å². The van der Waals surface area contributed by atoms with Crippen molar-refractivity contribution in [1.29, 1.82) is 0 Å². The summed E-state index contributed by atoms with van der Waals surface area (Å²) in [6.07, 6.45) is 0.933. The average molecular weight is 304 g/mol. The van der Waals surface area contributed by atoms with Gasteiger partial charge in [0.05, 0.1) is 18.2 Å². The molecule has 1 aromatic heterocycles. The van der Waals surface area contributed by atoms with Crippen molar-refractivity contribution in [3.8, 4) is 5.75 Å². The summed E-state index contributed by atoms with van der Waals surface area (Å²) in [5.74, 6) is -0.483. The van der Waals surface area contributed by atoms with Gasteiger partial charge in [-0.15, -0.1) is 6.58 Å². The zero-order valence-corrected chi connectivity index (χ0v) is 12.4. The second kappa shape index (κ2) is 7.11. The molecule has 4 N–H and O–H groups in total. The second-order valence-corrected chi connectivity index (χ2v) is 4.83. The normalized spacial score (nSPS) is 12.3. The molecule has 0 amide bonds. The van der Waals surface area contributed by atoms with Gasteiger partial charge in [0.15, 0.2) is 0 Å². The Balaban J connectivity index is 2.36. The van der Waals surface area contributed by atoms with Crippen LogP contribution in [-0.2, 0) is 4.74 Å². The highest BCUT2D eigenvalue weighted by Gasteiger charge is 2.18. The molecule has 0 saturated carbocycles. The summed E-state index contributed by atoms with van der Waals surface area (Å²) in [5.41, 5.74) is 1.27. The minimum absolute atomic E-state index is 0.0144. The predicted molar refractivity (Wildman–Crippen MR) is 83.9 cm³/mol. The lowest BCUT2D eigenvalue weighted by Crippen LogP contribution is -2.21. The van der Waals surface area contributed by atoms with Crippen LogP contribution in [0.4, 0.5) is 0 Å². The Kier molecular flexibility index (Phi) is 5.19. The molecule has 6 nitrogen and oxygen atoms in total. The van der Waals surface area contributed by atoms with E-state index < -0.39 is 12.1 Å². The van der Waals surface area contributed by atoms with Crippen LogP contribution in [0, 0.1) is 0 Å². The number of hydrogen-bond acceptors (Lipinski definition) is 5. The molecular weight excluding hydrogens is 284 g/mol. The number of nitrogens with one attached hydrogen (secondary N) is 2. The van der Waals surface area contributed by atoms with Crippen LogP contribution in [0.3, 0.4) is 0 Å². The van der Waals surface area contributed by atoms with Crippen LogP contribution < -0.4 is 5.32 Å². The lowest BCUT2D eigenvalue weighted by atomic mass is 10.0. The van der Waals surface area contributed by atoms with Crippen LogP contribution >= 0.6 is 0 Å². The summed E-state index contributed by atoms with van der Waals surface area (Å²) in [6.45, 7) is 6.51. The van der Waals surface area contributed by atoms with Gasteiger partial charge in [-0.1, -0.05) is 12.1 Å². The number of aromatic amines is 1. The SMILES string of the molecule is C=CCNCC(O)c1ccc(O)c2[nH]c(C(=O)OCC)cc12. The molecule has 0 radical (unpaired) electrons. The van der Waals surface area contributed by atoms with Gasteiger partial charge in [0.25, 0.3) is 0 Å². The van der Waals surface area contributed by atoms with Gasteiger partial charge in [0.1, 0.15) is 11.4 Å². The van der Waals surface area contributed by atoms with E-state index in [-0.39, 0.29) is 18.1 Å². The summed E-state index contributed by atoms with van der Waals surface area (Å²) in [7, 11) is 0. The van der Waals surface area contributed by atoms with E-state index in [1.165, 1.54) is 6.07 Å². The van der Waals surface area contributed by atoms with E-state index in [9.17, 15) is 15.0 Å². The van der Waals surface area contributed by atoms with Gasteiger partial charge in [-0.3, -0.25) is 0 Å². The number of benzene rings is 1. The summed E-state index contributed by atoms with van der Waals surface area (Å²) < 4.78 is 4.94. The number of carbonyl (C=O) groups is 1. The molecule has 1 atom stereocenters. The van der Waals surface area contributed by atoms with Crippen molar-refractivity contribution in [3.05, 3.63) is 42.1 Å². The molecule has 118 valence electrons. The third-order valence-corrected chi connectivity index (χ3v) is 3.29. The molecule has 2 aromatic rings. The van der Waals surface area contributed by atoms with Crippen molar-refractivity contribution in [2.45, 2.75) is 13.0 Å². The van der Waals surface area contributed by atoms with Gasteiger partial charge in [-0.2, -0.15) is 0 Å². The number of rotatable bonds is 7. The molecule has 0 aliphatic heterocycles. The highest BCUT2D eigenvalue weighted by Crippen LogP contribution is 2.31. The minimum atomic E-state index is -0.770. The number of esters is 1. The molecule has 6 heteroatoms. The van der Waals surface area contributed by atoms with Crippen molar-refractivity contribution in [2.24, 2.45) is 0 Å². The molecule has 0 saturated heterocycles. The van der Waals surface area contributed by atoms with Gasteiger partial charge < -0.3 is 25.3 Å². The average Bonchev–Trinajstić information content (AvgIpc) is 2.94. The Morgan fingerprint density at radius 3 is 3.00 bits per heavy atom. The molecule has 1 unspecified atom stereocenters. The van der Waals surface area contributed by atoms with E-state index in [0.29, 0.717) is 29.6 Å². The molecule has 0 spiro atoms. The summed E-state index contributed by atoms with van der Waals surface area (Å²) >= 11 is 0. The molecule has 2 rings (SSSR count). The van der Waals surface area contributed by atoms with Crippen LogP contribution in [0.2, 0.25) is 0 Å². The van der Waals surface area contributed by atoms with E-state index in [2.05, 4.69) is 16.9 Å². The Hall–Kier alpha value is -2.31. The number of phenols is 1. The first kappa shape index (κ1) is 16.1. The third kappa shape index (κ3) is 3.29.